The Bertz CT molecular complexity index is 544. The molecule has 212 valence electrons. The number of hydrogen-bond acceptors (Lipinski definition) is 6. The monoisotopic (exact) mass is 538 g/mol. The van der Waals surface area contributed by atoms with Crippen molar-refractivity contribution in [3.05, 3.63) is 0 Å². The average molecular weight is 539 g/mol. The summed E-state index contributed by atoms with van der Waals surface area (Å²) in [7, 11) is -4.72. The minimum Gasteiger partial charge on any atom is -0.726 e. The van der Waals surface area contributed by atoms with Crippen LogP contribution < -0.4 is 6.15 Å². The van der Waals surface area contributed by atoms with Gasteiger partial charge in [-0.15, -0.1) is 0 Å². The van der Waals surface area contributed by atoms with E-state index in [4.69, 9.17) is 35.0 Å². The van der Waals surface area contributed by atoms with Crippen molar-refractivity contribution in [2.45, 2.75) is 117 Å². The average Bonchev–Trinajstić information content (AvgIpc) is 2.63. The zero-order chi connectivity index (χ0) is 26.2. The van der Waals surface area contributed by atoms with Gasteiger partial charge in [0, 0.05) is 0 Å². The van der Waals surface area contributed by atoms with Gasteiger partial charge in [-0.25, -0.2) is 8.42 Å². The lowest BCUT2D eigenvalue weighted by molar-refractivity contribution is -0.890. The van der Waals surface area contributed by atoms with Gasteiger partial charge >= 0.3 is 10.4 Å². The molecule has 0 fully saturated rings. The Hall–Kier alpha value is -0.340. The van der Waals surface area contributed by atoms with E-state index in [9.17, 15) is 0 Å². The number of nitrogens with zero attached hydrogens (tertiary/aromatic N) is 1. The molecule has 0 amide bonds. The molecule has 0 aromatic heterocycles. The lowest BCUT2D eigenvalue weighted by Crippen LogP contribution is -2.41. The van der Waals surface area contributed by atoms with Crippen molar-refractivity contribution in [2.24, 2.45) is 0 Å². The molecule has 0 saturated carbocycles. The molecule has 12 heteroatoms. The van der Waals surface area contributed by atoms with E-state index in [1.807, 2.05) is 0 Å². The summed E-state index contributed by atoms with van der Waals surface area (Å²) in [6.45, 7) is 7.36. The first-order chi connectivity index (χ1) is 15.1. The third-order valence-corrected chi connectivity index (χ3v) is 5.23. The van der Waals surface area contributed by atoms with Crippen molar-refractivity contribution >= 4 is 20.8 Å². The van der Waals surface area contributed by atoms with E-state index in [-0.39, 0.29) is 6.15 Å². The molecule has 0 heterocycles. The van der Waals surface area contributed by atoms with Crippen LogP contribution in [0, 0.1) is 0 Å². The molecule has 0 radical (unpaired) electrons. The molecule has 6 N–H and O–H groups in total. The summed E-state index contributed by atoms with van der Waals surface area (Å²) in [4.78, 5) is 0. The third kappa shape index (κ3) is 63.4. The van der Waals surface area contributed by atoms with Crippen molar-refractivity contribution in [1.29, 1.82) is 0 Å². The van der Waals surface area contributed by atoms with Crippen LogP contribution in [0.2, 0.25) is 0 Å². The largest absolute Gasteiger partial charge is 0.726 e. The zero-order valence-electron chi connectivity index (χ0n) is 22.1. The van der Waals surface area contributed by atoms with E-state index in [1.54, 1.807) is 0 Å². The first-order valence-electron chi connectivity index (χ1n) is 12.3. The van der Waals surface area contributed by atoms with Gasteiger partial charge in [0.05, 0.1) is 27.2 Å². The molecule has 0 atom stereocenters. The second-order valence-corrected chi connectivity index (χ2v) is 11.0. The van der Waals surface area contributed by atoms with Crippen LogP contribution in [0.15, 0.2) is 0 Å². The smallest absolute Gasteiger partial charge is 0.394 e. The third-order valence-electron chi connectivity index (χ3n) is 5.23. The molecular formula is C22H54N2O8S2. The van der Waals surface area contributed by atoms with Crippen LogP contribution in [0.1, 0.15) is 117 Å². The maximum Gasteiger partial charge on any atom is 0.394 e. The van der Waals surface area contributed by atoms with Gasteiger partial charge in [-0.1, -0.05) is 90.9 Å². The summed E-state index contributed by atoms with van der Waals surface area (Å²) in [5, 5.41) is 0. The fraction of sp³-hybridized carbons (Fsp3) is 1.00. The van der Waals surface area contributed by atoms with E-state index in [2.05, 4.69) is 27.9 Å². The Kier molecular flexibility index (Phi) is 30.9. The van der Waals surface area contributed by atoms with Crippen molar-refractivity contribution < 1.29 is 39.5 Å². The fourth-order valence-corrected chi connectivity index (χ4v) is 3.46. The molecule has 0 aliphatic heterocycles. The van der Waals surface area contributed by atoms with Gasteiger partial charge in [-0.05, 0) is 25.7 Å². The predicted octanol–water partition coefficient (Wildman–Crippen LogP) is 5.86. The van der Waals surface area contributed by atoms with Crippen LogP contribution in [0.5, 0.6) is 0 Å². The van der Waals surface area contributed by atoms with E-state index >= 15 is 0 Å². The Morgan fingerprint density at radius 2 is 0.735 bits per heavy atom. The molecule has 0 rings (SSSR count). The van der Waals surface area contributed by atoms with Gasteiger partial charge in [0.15, 0.2) is 0 Å². The van der Waals surface area contributed by atoms with Crippen molar-refractivity contribution in [3.8, 4) is 0 Å². The summed E-state index contributed by atoms with van der Waals surface area (Å²) in [6, 6.07) is 0. The van der Waals surface area contributed by atoms with Crippen LogP contribution in [0.25, 0.3) is 0 Å². The Balaban J connectivity index is -0.000000341. The Morgan fingerprint density at radius 3 is 0.941 bits per heavy atom. The first-order valence-corrected chi connectivity index (χ1v) is 15.1. The summed E-state index contributed by atoms with van der Waals surface area (Å²) < 4.78 is 65.7. The van der Waals surface area contributed by atoms with Crippen LogP contribution >= 0.6 is 0 Å². The highest BCUT2D eigenvalue weighted by Crippen LogP contribution is 2.13. The molecule has 34 heavy (non-hydrogen) atoms. The van der Waals surface area contributed by atoms with E-state index < -0.39 is 20.8 Å². The molecular weight excluding hydrogens is 484 g/mol. The highest BCUT2D eigenvalue weighted by atomic mass is 32.3. The molecule has 0 unspecified atom stereocenters. The molecule has 0 aliphatic rings. The summed E-state index contributed by atoms with van der Waals surface area (Å²) in [5.74, 6) is 0. The molecule has 0 aromatic rings. The van der Waals surface area contributed by atoms with Crippen molar-refractivity contribution in [3.63, 3.8) is 0 Å². The Labute approximate surface area is 210 Å². The quantitative estimate of drug-likeness (QED) is 0.0717. The van der Waals surface area contributed by atoms with E-state index in [1.165, 1.54) is 120 Å². The number of rotatable bonds is 18. The van der Waals surface area contributed by atoms with Gasteiger partial charge in [0.2, 0.25) is 10.4 Å². The van der Waals surface area contributed by atoms with Crippen LogP contribution in [0.3, 0.4) is 0 Å². The van der Waals surface area contributed by atoms with Crippen molar-refractivity contribution in [2.75, 3.05) is 27.2 Å². The van der Waals surface area contributed by atoms with Gasteiger partial charge < -0.3 is 15.2 Å². The number of hydrogen-bond donors (Lipinski definition) is 4. The van der Waals surface area contributed by atoms with E-state index in [0.717, 1.165) is 0 Å². The highest BCUT2D eigenvalue weighted by molar-refractivity contribution is 7.80. The van der Waals surface area contributed by atoms with Crippen LogP contribution in [-0.2, 0) is 20.8 Å². The predicted molar refractivity (Wildman–Crippen MR) is 139 cm³/mol. The second kappa shape index (κ2) is 25.7. The zero-order valence-corrected chi connectivity index (χ0v) is 23.7. The molecule has 0 aliphatic carbocycles. The van der Waals surface area contributed by atoms with Gasteiger partial charge in [-0.3, -0.25) is 13.7 Å². The molecule has 0 bridgehead atoms. The summed E-state index contributed by atoms with van der Waals surface area (Å²) in [6.07, 6.45) is 23.0. The van der Waals surface area contributed by atoms with Gasteiger partial charge in [0.25, 0.3) is 0 Å². The highest BCUT2D eigenvalue weighted by Gasteiger charge is 2.13. The summed E-state index contributed by atoms with van der Waals surface area (Å²) >= 11 is 0. The van der Waals surface area contributed by atoms with Gasteiger partial charge in [0.1, 0.15) is 0 Å². The molecule has 0 saturated heterocycles. The van der Waals surface area contributed by atoms with Crippen molar-refractivity contribution in [1.82, 2.24) is 6.15 Å². The van der Waals surface area contributed by atoms with E-state index in [0.29, 0.717) is 0 Å². The summed E-state index contributed by atoms with van der Waals surface area (Å²) in [5.41, 5.74) is 0. The lowest BCUT2D eigenvalue weighted by atomic mass is 10.1. The molecule has 10 nitrogen and oxygen atoms in total. The number of unbranched alkanes of at least 4 members (excludes halogenated alkanes) is 14. The lowest BCUT2D eigenvalue weighted by Gasteiger charge is -2.30. The molecule has 0 aromatic carbocycles. The topological polar surface area (TPSA) is 187 Å². The fourth-order valence-electron chi connectivity index (χ4n) is 3.46. The normalized spacial score (nSPS) is 11.5. The standard InChI is InChI=1S/C22H48N.H3N.2H2O4S/c1-5-7-9-11-13-15-17-19-21-23(3,4)22-20-18-16-14-12-10-8-6-2;;2*1-5(2,3)4/h5-22H2,1-4H3;1H3;2*(H2,1,2,3,4)/q+1;;;/p-1. The maximum atomic E-state index is 8.74. The van der Waals surface area contributed by atoms with Crippen LogP contribution in [-0.4, -0.2) is 66.7 Å². The second-order valence-electron chi connectivity index (χ2n) is 9.21. The maximum absolute atomic E-state index is 8.74. The SMILES string of the molecule is CCCCCCCCCC[N+](C)(C)CCCCCCCCCC.N.O=S(=O)(O)O.O=S(=O)([O-])O. The minimum absolute atomic E-state index is 0. The van der Waals surface area contributed by atoms with Crippen LogP contribution in [0.4, 0.5) is 0 Å². The minimum atomic E-state index is -4.92. The number of quaternary nitrogens is 1. The van der Waals surface area contributed by atoms with Gasteiger partial charge in [-0.2, -0.15) is 8.42 Å². The molecule has 0 spiro atoms. The first kappa shape index (κ1) is 40.8. The Morgan fingerprint density at radius 1 is 0.559 bits per heavy atom.